The first-order valence-corrected chi connectivity index (χ1v) is 6.56. The van der Waals surface area contributed by atoms with Gasteiger partial charge in [-0.25, -0.2) is 4.39 Å². The Morgan fingerprint density at radius 1 is 1.44 bits per heavy atom. The van der Waals surface area contributed by atoms with Crippen LogP contribution < -0.4 is 5.32 Å². The molecule has 1 aromatic carbocycles. The molecule has 3 nitrogen and oxygen atoms in total. The van der Waals surface area contributed by atoms with Gasteiger partial charge in [-0.2, -0.15) is 5.10 Å². The van der Waals surface area contributed by atoms with Crippen LogP contribution in [0.15, 0.2) is 35.1 Å². The summed E-state index contributed by atoms with van der Waals surface area (Å²) in [5.74, 6) is -0.206. The van der Waals surface area contributed by atoms with E-state index in [-0.39, 0.29) is 5.82 Å². The average Bonchev–Trinajstić information content (AvgIpc) is 2.75. The first-order chi connectivity index (χ1) is 8.65. The Hall–Kier alpha value is -1.20. The lowest BCUT2D eigenvalue weighted by atomic mass is 10.2. The standard InChI is InChI=1S/C13H15BrFN3/c1-18-9-10(7-17-18)4-5-16-8-11-6-12(15)2-3-13(11)14/h2-3,6-7,9,16H,4-5,8H2,1H3. The SMILES string of the molecule is Cn1cc(CCNCc2cc(F)ccc2Br)cn1. The molecule has 0 spiro atoms. The second-order valence-electron chi connectivity index (χ2n) is 4.18. The van der Waals surface area contributed by atoms with Gasteiger partial charge in [0, 0.05) is 24.3 Å². The lowest BCUT2D eigenvalue weighted by molar-refractivity contribution is 0.619. The fraction of sp³-hybridized carbons (Fsp3) is 0.308. The van der Waals surface area contributed by atoms with Gasteiger partial charge in [-0.05, 0) is 42.3 Å². The van der Waals surface area contributed by atoms with Crippen molar-refractivity contribution in [3.63, 3.8) is 0 Å². The highest BCUT2D eigenvalue weighted by Crippen LogP contribution is 2.17. The van der Waals surface area contributed by atoms with E-state index in [0.29, 0.717) is 6.54 Å². The molecule has 0 radical (unpaired) electrons. The second-order valence-corrected chi connectivity index (χ2v) is 5.04. The second kappa shape index (κ2) is 6.11. The summed E-state index contributed by atoms with van der Waals surface area (Å²) < 4.78 is 15.8. The number of halogens is 2. The van der Waals surface area contributed by atoms with Gasteiger partial charge < -0.3 is 5.32 Å². The molecular weight excluding hydrogens is 297 g/mol. The molecule has 0 atom stereocenters. The summed E-state index contributed by atoms with van der Waals surface area (Å²) in [6, 6.07) is 4.72. The van der Waals surface area contributed by atoms with Crippen molar-refractivity contribution in [1.29, 1.82) is 0 Å². The highest BCUT2D eigenvalue weighted by atomic mass is 79.9. The van der Waals surface area contributed by atoms with Crippen molar-refractivity contribution in [2.45, 2.75) is 13.0 Å². The van der Waals surface area contributed by atoms with E-state index in [0.717, 1.165) is 23.0 Å². The minimum atomic E-state index is -0.206. The monoisotopic (exact) mass is 311 g/mol. The van der Waals surface area contributed by atoms with Crippen molar-refractivity contribution in [1.82, 2.24) is 15.1 Å². The molecule has 2 rings (SSSR count). The van der Waals surface area contributed by atoms with Gasteiger partial charge in [0.15, 0.2) is 0 Å². The predicted octanol–water partition coefficient (Wildman–Crippen LogP) is 2.65. The lowest BCUT2D eigenvalue weighted by Gasteiger charge is -2.06. The maximum atomic E-state index is 13.1. The zero-order valence-electron chi connectivity index (χ0n) is 10.2. The van der Waals surface area contributed by atoms with Gasteiger partial charge in [-0.1, -0.05) is 15.9 Å². The molecule has 96 valence electrons. The Morgan fingerprint density at radius 2 is 2.28 bits per heavy atom. The van der Waals surface area contributed by atoms with Crippen LogP contribution in [-0.4, -0.2) is 16.3 Å². The van der Waals surface area contributed by atoms with Gasteiger partial charge in [0.05, 0.1) is 6.20 Å². The van der Waals surface area contributed by atoms with Gasteiger partial charge in [0.1, 0.15) is 5.82 Å². The molecule has 0 amide bonds. The normalized spacial score (nSPS) is 10.8. The van der Waals surface area contributed by atoms with Crippen LogP contribution in [0.5, 0.6) is 0 Å². The van der Waals surface area contributed by atoms with Crippen LogP contribution in [0, 0.1) is 5.82 Å². The number of hydrogen-bond acceptors (Lipinski definition) is 2. The number of nitrogens with zero attached hydrogens (tertiary/aromatic N) is 2. The third kappa shape index (κ3) is 3.65. The van der Waals surface area contributed by atoms with Crippen LogP contribution in [0.1, 0.15) is 11.1 Å². The molecule has 1 aromatic heterocycles. The Balaban J connectivity index is 1.80. The maximum Gasteiger partial charge on any atom is 0.123 e. The smallest absolute Gasteiger partial charge is 0.123 e. The minimum absolute atomic E-state index is 0.206. The summed E-state index contributed by atoms with van der Waals surface area (Å²) in [5, 5.41) is 7.40. The highest BCUT2D eigenvalue weighted by Gasteiger charge is 2.01. The molecule has 0 aliphatic rings. The highest BCUT2D eigenvalue weighted by molar-refractivity contribution is 9.10. The van der Waals surface area contributed by atoms with Crippen molar-refractivity contribution in [2.75, 3.05) is 6.54 Å². The number of hydrogen-bond donors (Lipinski definition) is 1. The number of rotatable bonds is 5. The van der Waals surface area contributed by atoms with Crippen LogP contribution in [-0.2, 0) is 20.0 Å². The quantitative estimate of drug-likeness (QED) is 0.860. The van der Waals surface area contributed by atoms with E-state index >= 15 is 0 Å². The van der Waals surface area contributed by atoms with Gasteiger partial charge in [-0.15, -0.1) is 0 Å². The van der Waals surface area contributed by atoms with Crippen LogP contribution in [0.3, 0.4) is 0 Å². The van der Waals surface area contributed by atoms with Gasteiger partial charge in [0.25, 0.3) is 0 Å². The van der Waals surface area contributed by atoms with E-state index in [9.17, 15) is 4.39 Å². The summed E-state index contributed by atoms with van der Waals surface area (Å²) in [7, 11) is 1.90. The summed E-state index contributed by atoms with van der Waals surface area (Å²) >= 11 is 3.41. The van der Waals surface area contributed by atoms with Gasteiger partial charge >= 0.3 is 0 Å². The van der Waals surface area contributed by atoms with Crippen LogP contribution >= 0.6 is 15.9 Å². The van der Waals surface area contributed by atoms with Crippen molar-refractivity contribution in [2.24, 2.45) is 7.05 Å². The van der Waals surface area contributed by atoms with Crippen LogP contribution in [0.4, 0.5) is 4.39 Å². The largest absolute Gasteiger partial charge is 0.312 e. The van der Waals surface area contributed by atoms with Crippen molar-refractivity contribution in [3.8, 4) is 0 Å². The van der Waals surface area contributed by atoms with Crippen molar-refractivity contribution in [3.05, 3.63) is 52.0 Å². The average molecular weight is 312 g/mol. The minimum Gasteiger partial charge on any atom is -0.312 e. The molecule has 0 fully saturated rings. The summed E-state index contributed by atoms with van der Waals surface area (Å²) in [4.78, 5) is 0. The molecule has 0 unspecified atom stereocenters. The molecule has 0 aliphatic carbocycles. The number of benzene rings is 1. The molecule has 0 saturated heterocycles. The van der Waals surface area contributed by atoms with Gasteiger partial charge in [-0.3, -0.25) is 4.68 Å². The zero-order valence-corrected chi connectivity index (χ0v) is 11.7. The molecule has 0 saturated carbocycles. The van der Waals surface area contributed by atoms with E-state index in [4.69, 9.17) is 0 Å². The molecule has 5 heteroatoms. The number of aryl methyl sites for hydroxylation is 1. The third-order valence-corrected chi connectivity index (χ3v) is 3.45. The fourth-order valence-corrected chi connectivity index (χ4v) is 2.12. The first kappa shape index (κ1) is 13.2. The van der Waals surface area contributed by atoms with E-state index in [1.54, 1.807) is 16.8 Å². The predicted molar refractivity (Wildman–Crippen MR) is 72.7 cm³/mol. The number of nitrogens with one attached hydrogen (secondary N) is 1. The van der Waals surface area contributed by atoms with E-state index in [1.807, 2.05) is 19.4 Å². The molecule has 0 bridgehead atoms. The third-order valence-electron chi connectivity index (χ3n) is 2.67. The van der Waals surface area contributed by atoms with Crippen LogP contribution in [0.25, 0.3) is 0 Å². The van der Waals surface area contributed by atoms with E-state index in [2.05, 4.69) is 26.3 Å². The Morgan fingerprint density at radius 3 is 3.00 bits per heavy atom. The topological polar surface area (TPSA) is 29.9 Å². The molecule has 1 heterocycles. The molecule has 1 N–H and O–H groups in total. The number of aromatic nitrogens is 2. The fourth-order valence-electron chi connectivity index (χ4n) is 1.74. The first-order valence-electron chi connectivity index (χ1n) is 5.77. The van der Waals surface area contributed by atoms with Crippen molar-refractivity contribution < 1.29 is 4.39 Å². The Labute approximate surface area is 114 Å². The lowest BCUT2D eigenvalue weighted by Crippen LogP contribution is -2.16. The summed E-state index contributed by atoms with van der Waals surface area (Å²) in [6.07, 6.45) is 4.78. The summed E-state index contributed by atoms with van der Waals surface area (Å²) in [5.41, 5.74) is 2.13. The van der Waals surface area contributed by atoms with Crippen molar-refractivity contribution >= 4 is 15.9 Å². The molecule has 2 aromatic rings. The van der Waals surface area contributed by atoms with Gasteiger partial charge in [0.2, 0.25) is 0 Å². The Kier molecular flexibility index (Phi) is 4.49. The molecule has 0 aliphatic heterocycles. The molecule has 18 heavy (non-hydrogen) atoms. The molecular formula is C13H15BrFN3. The van der Waals surface area contributed by atoms with Crippen LogP contribution in [0.2, 0.25) is 0 Å². The maximum absolute atomic E-state index is 13.1. The zero-order chi connectivity index (χ0) is 13.0. The van der Waals surface area contributed by atoms with E-state index in [1.165, 1.54) is 11.6 Å². The Bertz CT molecular complexity index is 525. The van der Waals surface area contributed by atoms with E-state index < -0.39 is 0 Å². The summed E-state index contributed by atoms with van der Waals surface area (Å²) in [6.45, 7) is 1.49.